The number of carbonyl (C=O) groups excluding carboxylic acids is 1. The minimum Gasteiger partial charge on any atom is -0.330 e. The lowest BCUT2D eigenvalue weighted by Gasteiger charge is -2.33. The van der Waals surface area contributed by atoms with Crippen molar-refractivity contribution in [2.75, 3.05) is 0 Å². The molecule has 1 aliphatic heterocycles. The van der Waals surface area contributed by atoms with Crippen molar-refractivity contribution in [1.82, 2.24) is 4.90 Å². The van der Waals surface area contributed by atoms with E-state index in [0.717, 1.165) is 0 Å². The van der Waals surface area contributed by atoms with Crippen LogP contribution in [0.5, 0.6) is 0 Å². The van der Waals surface area contributed by atoms with Gasteiger partial charge in [0.15, 0.2) is 0 Å². The molecule has 0 N–H and O–H groups in total. The van der Waals surface area contributed by atoms with Crippen LogP contribution in [0.15, 0.2) is 10.8 Å². The lowest BCUT2D eigenvalue weighted by molar-refractivity contribution is -0.128. The fraction of sp³-hybridized carbons (Fsp3) is 0.786. The Balaban J connectivity index is 2.44. The summed E-state index contributed by atoms with van der Waals surface area (Å²) >= 11 is 0. The zero-order valence-electron chi connectivity index (χ0n) is 11.8. The summed E-state index contributed by atoms with van der Waals surface area (Å²) in [5, 5.41) is 1.25. The topological polar surface area (TPSA) is 20.3 Å². The Bertz CT molecular complexity index is 365. The second-order valence-electron chi connectivity index (χ2n) is 6.72. The molecule has 1 atom stereocenters. The molecular formula is C14H25NOSi. The zero-order valence-corrected chi connectivity index (χ0v) is 12.8. The monoisotopic (exact) mass is 251 g/mol. The highest BCUT2D eigenvalue weighted by molar-refractivity contribution is 6.87. The van der Waals surface area contributed by atoms with Crippen LogP contribution in [0.3, 0.4) is 0 Å². The maximum absolute atomic E-state index is 12.7. The van der Waals surface area contributed by atoms with Gasteiger partial charge in [0.25, 0.3) is 0 Å². The van der Waals surface area contributed by atoms with Crippen molar-refractivity contribution in [3.05, 3.63) is 10.8 Å². The van der Waals surface area contributed by atoms with Crippen molar-refractivity contribution in [3.8, 4) is 0 Å². The number of amides is 1. The van der Waals surface area contributed by atoms with E-state index in [2.05, 4.69) is 38.4 Å². The number of fused-ring (bicyclic) bond motifs is 1. The minimum atomic E-state index is -1.49. The molecular weight excluding hydrogens is 226 g/mol. The van der Waals surface area contributed by atoms with E-state index in [1.165, 1.54) is 36.5 Å². The van der Waals surface area contributed by atoms with Crippen LogP contribution in [0.25, 0.3) is 0 Å². The lowest BCUT2D eigenvalue weighted by Crippen LogP contribution is -2.43. The molecule has 1 aliphatic carbocycles. The fourth-order valence-corrected chi connectivity index (χ4v) is 5.42. The van der Waals surface area contributed by atoms with Gasteiger partial charge in [-0.05, 0) is 38.7 Å². The van der Waals surface area contributed by atoms with Crippen molar-refractivity contribution < 1.29 is 4.79 Å². The maximum Gasteiger partial charge on any atom is 0.246 e. The quantitative estimate of drug-likeness (QED) is 0.689. The van der Waals surface area contributed by atoms with Crippen LogP contribution >= 0.6 is 0 Å². The summed E-state index contributed by atoms with van der Waals surface area (Å²) in [6.07, 6.45) is 4.91. The minimum absolute atomic E-state index is 0.342. The Morgan fingerprint density at radius 2 is 1.88 bits per heavy atom. The number of nitrogens with zero attached hydrogens (tertiary/aromatic N) is 1. The van der Waals surface area contributed by atoms with Crippen molar-refractivity contribution in [3.63, 3.8) is 0 Å². The van der Waals surface area contributed by atoms with Crippen LogP contribution in [-0.4, -0.2) is 31.0 Å². The van der Waals surface area contributed by atoms with Crippen LogP contribution in [0.4, 0.5) is 0 Å². The van der Waals surface area contributed by atoms with Crippen molar-refractivity contribution in [1.29, 1.82) is 0 Å². The Morgan fingerprint density at radius 3 is 2.41 bits per heavy atom. The molecule has 0 radical (unpaired) electrons. The molecule has 1 heterocycles. The molecule has 2 rings (SSSR count). The first kappa shape index (κ1) is 12.9. The Hall–Kier alpha value is -0.573. The normalized spacial score (nSPS) is 25.9. The summed E-state index contributed by atoms with van der Waals surface area (Å²) < 4.78 is 0. The van der Waals surface area contributed by atoms with Crippen LogP contribution < -0.4 is 0 Å². The number of hydrogen-bond acceptors (Lipinski definition) is 1. The first-order valence-electron chi connectivity index (χ1n) is 6.90. The van der Waals surface area contributed by atoms with Gasteiger partial charge in [-0.3, -0.25) is 4.79 Å². The first-order valence-corrected chi connectivity index (χ1v) is 10.4. The molecule has 0 aromatic rings. The van der Waals surface area contributed by atoms with Gasteiger partial charge in [-0.25, -0.2) is 0 Å². The largest absolute Gasteiger partial charge is 0.330 e. The van der Waals surface area contributed by atoms with E-state index in [4.69, 9.17) is 0 Å². The molecule has 3 heteroatoms. The van der Waals surface area contributed by atoms with Crippen molar-refractivity contribution >= 4 is 14.0 Å². The molecule has 0 bridgehead atoms. The van der Waals surface area contributed by atoms with E-state index in [1.54, 1.807) is 0 Å². The maximum atomic E-state index is 12.7. The second-order valence-corrected chi connectivity index (χ2v) is 11.7. The molecule has 1 amide bonds. The van der Waals surface area contributed by atoms with E-state index in [9.17, 15) is 4.79 Å². The highest BCUT2D eigenvalue weighted by atomic mass is 28.3. The third-order valence-electron chi connectivity index (χ3n) is 3.99. The van der Waals surface area contributed by atoms with E-state index >= 15 is 0 Å². The Kier molecular flexibility index (Phi) is 3.23. The molecule has 0 aromatic heterocycles. The van der Waals surface area contributed by atoms with Gasteiger partial charge < -0.3 is 4.90 Å². The van der Waals surface area contributed by atoms with Gasteiger partial charge in [-0.2, -0.15) is 0 Å². The van der Waals surface area contributed by atoms with Crippen LogP contribution in [-0.2, 0) is 4.79 Å². The molecule has 1 fully saturated rings. The molecule has 2 aliphatic rings. The van der Waals surface area contributed by atoms with Crippen molar-refractivity contribution in [2.24, 2.45) is 0 Å². The van der Waals surface area contributed by atoms with Crippen LogP contribution in [0, 0.1) is 0 Å². The Morgan fingerprint density at radius 1 is 1.24 bits per heavy atom. The summed E-state index contributed by atoms with van der Waals surface area (Å²) in [6, 6.07) is 0.785. The van der Waals surface area contributed by atoms with Crippen molar-refractivity contribution in [2.45, 2.75) is 71.3 Å². The van der Waals surface area contributed by atoms with Gasteiger partial charge in [0, 0.05) is 11.2 Å². The number of carbonyl (C=O) groups is 1. The number of rotatable bonds is 2. The highest BCUT2D eigenvalue weighted by Crippen LogP contribution is 2.40. The molecule has 0 aromatic carbocycles. The van der Waals surface area contributed by atoms with Gasteiger partial charge in [0.1, 0.15) is 0 Å². The highest BCUT2D eigenvalue weighted by Gasteiger charge is 2.45. The molecule has 1 unspecified atom stereocenters. The average Bonchev–Trinajstić information content (AvgIpc) is 2.48. The predicted octanol–water partition coefficient (Wildman–Crippen LogP) is 3.35. The van der Waals surface area contributed by atoms with Gasteiger partial charge in [0.2, 0.25) is 5.91 Å². The van der Waals surface area contributed by atoms with Gasteiger partial charge in [-0.15, -0.1) is 0 Å². The summed E-state index contributed by atoms with van der Waals surface area (Å²) in [5.41, 5.74) is 1.51. The molecule has 2 nitrogen and oxygen atoms in total. The predicted molar refractivity (Wildman–Crippen MR) is 74.6 cm³/mol. The van der Waals surface area contributed by atoms with Gasteiger partial charge in [0.05, 0.1) is 14.1 Å². The SMILES string of the molecule is CC(C)N1C(=O)C([Si](C)(C)C)=C2CCCCC21. The van der Waals surface area contributed by atoms with Crippen LogP contribution in [0.2, 0.25) is 19.6 Å². The summed E-state index contributed by atoms with van der Waals surface area (Å²) in [7, 11) is -1.49. The summed E-state index contributed by atoms with van der Waals surface area (Å²) in [6.45, 7) is 11.2. The standard InChI is InChI=1S/C14H25NOSi/c1-10(2)15-12-9-7-6-8-11(12)13(14(15)16)17(3,4)5/h10,12H,6-9H2,1-5H3. The smallest absolute Gasteiger partial charge is 0.246 e. The summed E-state index contributed by atoms with van der Waals surface area (Å²) in [4.78, 5) is 14.8. The zero-order chi connectivity index (χ0) is 12.8. The Labute approximate surface area is 106 Å². The van der Waals surface area contributed by atoms with Gasteiger partial charge >= 0.3 is 0 Å². The van der Waals surface area contributed by atoms with E-state index in [0.29, 0.717) is 18.0 Å². The first-order chi connectivity index (χ1) is 7.84. The van der Waals surface area contributed by atoms with Crippen LogP contribution in [0.1, 0.15) is 39.5 Å². The molecule has 1 saturated carbocycles. The lowest BCUT2D eigenvalue weighted by atomic mass is 9.90. The second kappa shape index (κ2) is 4.27. The fourth-order valence-electron chi connectivity index (χ4n) is 3.40. The van der Waals surface area contributed by atoms with E-state index < -0.39 is 8.07 Å². The molecule has 17 heavy (non-hydrogen) atoms. The van der Waals surface area contributed by atoms with Gasteiger partial charge in [-0.1, -0.05) is 26.1 Å². The molecule has 0 saturated heterocycles. The molecule has 0 spiro atoms. The van der Waals surface area contributed by atoms with E-state index in [1.807, 2.05) is 0 Å². The molecule has 96 valence electrons. The third-order valence-corrected chi connectivity index (χ3v) is 6.02. The third kappa shape index (κ3) is 2.10. The summed E-state index contributed by atoms with van der Waals surface area (Å²) in [5.74, 6) is 0.362. The average molecular weight is 251 g/mol. The number of hydrogen-bond donors (Lipinski definition) is 0. The van der Waals surface area contributed by atoms with E-state index in [-0.39, 0.29) is 0 Å².